The second-order valence-electron chi connectivity index (χ2n) is 4.16. The Morgan fingerprint density at radius 1 is 1.38 bits per heavy atom. The van der Waals surface area contributed by atoms with Gasteiger partial charge in [-0.15, -0.1) is 11.8 Å². The summed E-state index contributed by atoms with van der Waals surface area (Å²) in [4.78, 5) is 24.3. The van der Waals surface area contributed by atoms with Gasteiger partial charge in [0, 0.05) is 11.0 Å². The lowest BCUT2D eigenvalue weighted by Crippen LogP contribution is -2.21. The number of aryl methyl sites for hydroxylation is 1. The maximum atomic E-state index is 11.8. The van der Waals surface area contributed by atoms with Crippen LogP contribution in [-0.4, -0.2) is 29.9 Å². The van der Waals surface area contributed by atoms with Crippen LogP contribution in [-0.2, 0) is 9.53 Å². The zero-order valence-corrected chi connectivity index (χ0v) is 12.4. The topological polar surface area (TPSA) is 81.4 Å². The first-order valence-corrected chi connectivity index (χ1v) is 7.36. The average Bonchev–Trinajstić information content (AvgIpc) is 2.92. The Morgan fingerprint density at radius 3 is 2.81 bits per heavy atom. The van der Waals surface area contributed by atoms with Gasteiger partial charge in [0.15, 0.2) is 6.61 Å². The van der Waals surface area contributed by atoms with Crippen molar-refractivity contribution in [2.75, 3.05) is 18.2 Å². The first-order chi connectivity index (χ1) is 10.1. The SMILES string of the molecule is CSc1ccccc1NC(=O)COC(=O)c1cc(C)no1. The lowest BCUT2D eigenvalue weighted by molar-refractivity contribution is -0.119. The molecule has 0 aliphatic heterocycles. The van der Waals surface area contributed by atoms with Gasteiger partial charge in [-0.2, -0.15) is 0 Å². The van der Waals surface area contributed by atoms with Crippen LogP contribution < -0.4 is 5.32 Å². The van der Waals surface area contributed by atoms with Crippen molar-refractivity contribution >= 4 is 29.3 Å². The summed E-state index contributed by atoms with van der Waals surface area (Å²) in [6, 6.07) is 8.82. The molecule has 0 aliphatic rings. The van der Waals surface area contributed by atoms with Crippen LogP contribution in [0.4, 0.5) is 5.69 Å². The highest BCUT2D eigenvalue weighted by atomic mass is 32.2. The smallest absolute Gasteiger partial charge is 0.377 e. The Labute approximate surface area is 125 Å². The van der Waals surface area contributed by atoms with Gasteiger partial charge in [-0.1, -0.05) is 17.3 Å². The van der Waals surface area contributed by atoms with Crippen LogP contribution in [0.5, 0.6) is 0 Å². The van der Waals surface area contributed by atoms with Crippen molar-refractivity contribution < 1.29 is 18.8 Å². The molecule has 1 aromatic heterocycles. The fraction of sp³-hybridized carbons (Fsp3) is 0.214. The van der Waals surface area contributed by atoms with E-state index in [1.165, 1.54) is 17.8 Å². The van der Waals surface area contributed by atoms with Crippen molar-refractivity contribution in [1.29, 1.82) is 0 Å². The largest absolute Gasteiger partial charge is 0.450 e. The minimum atomic E-state index is -0.719. The maximum Gasteiger partial charge on any atom is 0.377 e. The number of carbonyl (C=O) groups excluding carboxylic acids is 2. The number of aromatic nitrogens is 1. The number of nitrogens with one attached hydrogen (secondary N) is 1. The normalized spacial score (nSPS) is 10.2. The first-order valence-electron chi connectivity index (χ1n) is 6.13. The Balaban J connectivity index is 1.89. The lowest BCUT2D eigenvalue weighted by atomic mass is 10.3. The minimum Gasteiger partial charge on any atom is -0.450 e. The van der Waals surface area contributed by atoms with Gasteiger partial charge in [0.2, 0.25) is 5.76 Å². The second kappa shape index (κ2) is 6.94. The highest BCUT2D eigenvalue weighted by Crippen LogP contribution is 2.24. The molecular formula is C14H14N2O4S. The molecule has 1 N–H and O–H groups in total. The molecule has 0 atom stereocenters. The Kier molecular flexibility index (Phi) is 4.99. The molecule has 0 bridgehead atoms. The van der Waals surface area contributed by atoms with Gasteiger partial charge >= 0.3 is 5.97 Å². The van der Waals surface area contributed by atoms with Crippen LogP contribution in [0.3, 0.4) is 0 Å². The van der Waals surface area contributed by atoms with Gasteiger partial charge in [-0.3, -0.25) is 4.79 Å². The van der Waals surface area contributed by atoms with E-state index in [1.807, 2.05) is 24.5 Å². The molecule has 0 saturated heterocycles. The number of carbonyl (C=O) groups is 2. The third kappa shape index (κ3) is 4.09. The number of hydrogen-bond acceptors (Lipinski definition) is 6. The summed E-state index contributed by atoms with van der Waals surface area (Å²) in [6.07, 6.45) is 1.91. The predicted octanol–water partition coefficient (Wildman–Crippen LogP) is 2.50. The molecule has 0 spiro atoms. The molecule has 7 heteroatoms. The number of anilines is 1. The molecule has 1 heterocycles. The van der Waals surface area contributed by atoms with E-state index in [9.17, 15) is 9.59 Å². The van der Waals surface area contributed by atoms with Crippen LogP contribution in [0.2, 0.25) is 0 Å². The van der Waals surface area contributed by atoms with E-state index in [4.69, 9.17) is 9.26 Å². The van der Waals surface area contributed by atoms with Crippen LogP contribution in [0.25, 0.3) is 0 Å². The van der Waals surface area contributed by atoms with Crippen molar-refractivity contribution in [3.05, 3.63) is 41.8 Å². The summed E-state index contributed by atoms with van der Waals surface area (Å²) in [5.41, 5.74) is 1.25. The fourth-order valence-corrected chi connectivity index (χ4v) is 2.15. The summed E-state index contributed by atoms with van der Waals surface area (Å²) in [6.45, 7) is 1.30. The summed E-state index contributed by atoms with van der Waals surface area (Å²) < 4.78 is 9.61. The third-order valence-corrected chi connectivity index (χ3v) is 3.34. The molecule has 0 unspecified atom stereocenters. The van der Waals surface area contributed by atoms with Gasteiger partial charge in [-0.25, -0.2) is 4.79 Å². The summed E-state index contributed by atoms with van der Waals surface area (Å²) >= 11 is 1.52. The van der Waals surface area contributed by atoms with Gasteiger partial charge in [0.1, 0.15) is 0 Å². The van der Waals surface area contributed by atoms with Gasteiger partial charge in [-0.05, 0) is 25.3 Å². The number of ether oxygens (including phenoxy) is 1. The molecule has 0 saturated carbocycles. The van der Waals surface area contributed by atoms with Gasteiger partial charge in [0.05, 0.1) is 11.4 Å². The number of rotatable bonds is 5. The van der Waals surface area contributed by atoms with Crippen LogP contribution >= 0.6 is 11.8 Å². The fourth-order valence-electron chi connectivity index (χ4n) is 1.60. The molecule has 110 valence electrons. The number of nitrogens with zero attached hydrogens (tertiary/aromatic N) is 1. The number of para-hydroxylation sites is 1. The molecule has 2 rings (SSSR count). The van der Waals surface area contributed by atoms with Crippen LogP contribution in [0.15, 0.2) is 39.8 Å². The summed E-state index contributed by atoms with van der Waals surface area (Å²) in [7, 11) is 0. The number of amides is 1. The molecule has 21 heavy (non-hydrogen) atoms. The van der Waals surface area contributed by atoms with E-state index in [0.717, 1.165) is 4.90 Å². The summed E-state index contributed by atoms with van der Waals surface area (Å²) in [5, 5.41) is 6.27. The van der Waals surface area contributed by atoms with Gasteiger partial charge in [0.25, 0.3) is 5.91 Å². The zero-order valence-electron chi connectivity index (χ0n) is 11.6. The Bertz CT molecular complexity index is 654. The lowest BCUT2D eigenvalue weighted by Gasteiger charge is -2.09. The molecule has 1 amide bonds. The van der Waals surface area contributed by atoms with E-state index in [-0.39, 0.29) is 12.4 Å². The average molecular weight is 306 g/mol. The second-order valence-corrected chi connectivity index (χ2v) is 5.01. The van der Waals surface area contributed by atoms with Crippen LogP contribution in [0.1, 0.15) is 16.2 Å². The van der Waals surface area contributed by atoms with Crippen molar-refractivity contribution in [2.24, 2.45) is 0 Å². The van der Waals surface area contributed by atoms with E-state index in [2.05, 4.69) is 10.5 Å². The number of benzene rings is 1. The third-order valence-electron chi connectivity index (χ3n) is 2.54. The first kappa shape index (κ1) is 15.1. The molecule has 0 aliphatic carbocycles. The van der Waals surface area contributed by atoms with Crippen molar-refractivity contribution in [1.82, 2.24) is 5.16 Å². The monoisotopic (exact) mass is 306 g/mol. The van der Waals surface area contributed by atoms with E-state index in [0.29, 0.717) is 11.4 Å². The van der Waals surface area contributed by atoms with Crippen molar-refractivity contribution in [2.45, 2.75) is 11.8 Å². The minimum absolute atomic E-state index is 0.0233. The predicted molar refractivity (Wildman–Crippen MR) is 78.4 cm³/mol. The summed E-state index contributed by atoms with van der Waals surface area (Å²) in [5.74, 6) is -1.16. The number of esters is 1. The maximum absolute atomic E-state index is 11.8. The zero-order chi connectivity index (χ0) is 15.2. The number of hydrogen-bond donors (Lipinski definition) is 1. The molecule has 2 aromatic rings. The van der Waals surface area contributed by atoms with E-state index >= 15 is 0 Å². The van der Waals surface area contributed by atoms with Gasteiger partial charge < -0.3 is 14.6 Å². The van der Waals surface area contributed by atoms with Crippen LogP contribution in [0, 0.1) is 6.92 Å². The molecule has 6 nitrogen and oxygen atoms in total. The molecule has 0 fully saturated rings. The molecular weight excluding hydrogens is 292 g/mol. The van der Waals surface area contributed by atoms with Crippen molar-refractivity contribution in [3.63, 3.8) is 0 Å². The Hall–Kier alpha value is -2.28. The van der Waals surface area contributed by atoms with Crippen molar-refractivity contribution in [3.8, 4) is 0 Å². The molecule has 1 aromatic carbocycles. The quantitative estimate of drug-likeness (QED) is 0.675. The highest BCUT2D eigenvalue weighted by molar-refractivity contribution is 7.98. The van der Waals surface area contributed by atoms with E-state index in [1.54, 1.807) is 13.0 Å². The molecule has 0 radical (unpaired) electrons. The highest BCUT2D eigenvalue weighted by Gasteiger charge is 2.15. The standard InChI is InChI=1S/C14H14N2O4S/c1-9-7-11(20-16-9)14(18)19-8-13(17)15-10-5-3-4-6-12(10)21-2/h3-7H,8H2,1-2H3,(H,15,17). The van der Waals surface area contributed by atoms with E-state index < -0.39 is 11.9 Å². The number of thioether (sulfide) groups is 1. The Morgan fingerprint density at radius 2 is 2.14 bits per heavy atom.